The van der Waals surface area contributed by atoms with Crippen molar-refractivity contribution in [3.8, 4) is 0 Å². The lowest BCUT2D eigenvalue weighted by Crippen LogP contribution is -2.52. The van der Waals surface area contributed by atoms with Crippen LogP contribution in [0.25, 0.3) is 0 Å². The van der Waals surface area contributed by atoms with Gasteiger partial charge in [-0.2, -0.15) is 0 Å². The molecule has 0 aliphatic carbocycles. The molecule has 2 aromatic heterocycles. The van der Waals surface area contributed by atoms with Gasteiger partial charge in [0, 0.05) is 48.8 Å². The number of ketones is 2. The average Bonchev–Trinajstić information content (AvgIpc) is 2.94. The summed E-state index contributed by atoms with van der Waals surface area (Å²) in [5.41, 5.74) is 4.63. The number of hydrogen-bond donors (Lipinski definition) is 1. The maximum absolute atomic E-state index is 13.1. The van der Waals surface area contributed by atoms with E-state index in [4.69, 9.17) is 0 Å². The molecule has 0 bridgehead atoms. The first-order valence-electron chi connectivity index (χ1n) is 9.74. The van der Waals surface area contributed by atoms with Crippen molar-refractivity contribution in [2.75, 3.05) is 31.1 Å². The van der Waals surface area contributed by atoms with Crippen molar-refractivity contribution in [2.24, 2.45) is 0 Å². The van der Waals surface area contributed by atoms with E-state index in [1.807, 2.05) is 40.7 Å². The number of carbonyl (C=O) groups excluding carboxylic acids is 2. The molecule has 1 aliphatic heterocycles. The molecule has 0 amide bonds. The number of anilines is 1. The Morgan fingerprint density at radius 3 is 2.11 bits per heavy atom. The largest absolute Gasteiger partial charge is 0.355 e. The molecule has 0 saturated carbocycles. The van der Waals surface area contributed by atoms with Gasteiger partial charge in [-0.15, -0.1) is 0 Å². The maximum Gasteiger partial charge on any atom is 0.225 e. The van der Waals surface area contributed by atoms with Crippen LogP contribution >= 0.6 is 0 Å². The summed E-state index contributed by atoms with van der Waals surface area (Å²) in [6.07, 6.45) is 0. The van der Waals surface area contributed by atoms with Gasteiger partial charge in [-0.3, -0.25) is 14.5 Å². The number of nitrogens with zero attached hydrogens (tertiary/aromatic N) is 4. The number of Topliss-reactive ketones (excluding diaryl/α,β-unsaturated/α-hetero) is 2. The summed E-state index contributed by atoms with van der Waals surface area (Å²) >= 11 is 0. The SMILES string of the molecule is CC(=O)c1c(C)[nH]c(C(=O)C(C)N2CCN(c3nc(C)cc(C)n3)CC2)c1C. The number of aromatic amines is 1. The Hall–Kier alpha value is -2.54. The van der Waals surface area contributed by atoms with Crippen LogP contribution in [-0.4, -0.2) is 63.6 Å². The second-order valence-electron chi connectivity index (χ2n) is 7.70. The van der Waals surface area contributed by atoms with Crippen LogP contribution in [0, 0.1) is 27.7 Å². The normalized spacial score (nSPS) is 16.3. The number of rotatable bonds is 5. The quantitative estimate of drug-likeness (QED) is 0.800. The van der Waals surface area contributed by atoms with Gasteiger partial charge in [0.25, 0.3) is 0 Å². The zero-order valence-electron chi connectivity index (χ0n) is 17.6. The lowest BCUT2D eigenvalue weighted by molar-refractivity contribution is 0.0824. The molecule has 1 N–H and O–H groups in total. The predicted molar refractivity (Wildman–Crippen MR) is 109 cm³/mol. The molecule has 7 nitrogen and oxygen atoms in total. The van der Waals surface area contributed by atoms with E-state index >= 15 is 0 Å². The molecule has 28 heavy (non-hydrogen) atoms. The van der Waals surface area contributed by atoms with Gasteiger partial charge in [-0.05, 0) is 53.2 Å². The molecule has 1 fully saturated rings. The number of aromatic nitrogens is 3. The van der Waals surface area contributed by atoms with Gasteiger partial charge in [0.2, 0.25) is 5.95 Å². The van der Waals surface area contributed by atoms with Crippen LogP contribution in [-0.2, 0) is 0 Å². The van der Waals surface area contributed by atoms with Crippen LogP contribution in [0.2, 0.25) is 0 Å². The Morgan fingerprint density at radius 2 is 1.61 bits per heavy atom. The smallest absolute Gasteiger partial charge is 0.225 e. The van der Waals surface area contributed by atoms with Crippen LogP contribution in [0.4, 0.5) is 5.95 Å². The van der Waals surface area contributed by atoms with Crippen molar-refractivity contribution in [1.82, 2.24) is 19.9 Å². The first-order valence-corrected chi connectivity index (χ1v) is 9.74. The molecule has 0 radical (unpaired) electrons. The summed E-state index contributed by atoms with van der Waals surface area (Å²) in [5.74, 6) is 0.780. The fraction of sp³-hybridized carbons (Fsp3) is 0.524. The number of H-pyrrole nitrogens is 1. The lowest BCUT2D eigenvalue weighted by Gasteiger charge is -2.37. The van der Waals surface area contributed by atoms with E-state index in [1.165, 1.54) is 6.92 Å². The van der Waals surface area contributed by atoms with Crippen molar-refractivity contribution in [2.45, 2.75) is 47.6 Å². The molecule has 3 rings (SSSR count). The highest BCUT2D eigenvalue weighted by Gasteiger charge is 2.30. The van der Waals surface area contributed by atoms with E-state index in [0.717, 1.165) is 54.8 Å². The third kappa shape index (κ3) is 3.85. The van der Waals surface area contributed by atoms with Crippen LogP contribution in [0.15, 0.2) is 6.07 Å². The molecule has 3 heterocycles. The minimum atomic E-state index is -0.251. The van der Waals surface area contributed by atoms with Crippen LogP contribution in [0.5, 0.6) is 0 Å². The van der Waals surface area contributed by atoms with Crippen LogP contribution < -0.4 is 4.90 Å². The Labute approximate surface area is 166 Å². The number of hydrogen-bond acceptors (Lipinski definition) is 6. The van der Waals surface area contributed by atoms with Gasteiger partial charge in [0.05, 0.1) is 11.7 Å². The number of nitrogens with one attached hydrogen (secondary N) is 1. The fourth-order valence-corrected chi connectivity index (χ4v) is 4.06. The van der Waals surface area contributed by atoms with E-state index in [0.29, 0.717) is 11.3 Å². The first-order chi connectivity index (χ1) is 13.2. The molecule has 0 spiro atoms. The molecule has 1 unspecified atom stereocenters. The van der Waals surface area contributed by atoms with Gasteiger partial charge >= 0.3 is 0 Å². The molecular weight excluding hydrogens is 354 g/mol. The third-order valence-corrected chi connectivity index (χ3v) is 5.53. The number of aryl methyl sites for hydroxylation is 3. The highest BCUT2D eigenvalue weighted by atomic mass is 16.1. The van der Waals surface area contributed by atoms with Gasteiger partial charge < -0.3 is 9.88 Å². The number of piperazine rings is 1. The Balaban J connectivity index is 1.70. The van der Waals surface area contributed by atoms with Crippen molar-refractivity contribution < 1.29 is 9.59 Å². The summed E-state index contributed by atoms with van der Waals surface area (Å²) in [7, 11) is 0. The van der Waals surface area contributed by atoms with Crippen LogP contribution in [0.1, 0.15) is 57.3 Å². The molecular formula is C21H29N5O2. The maximum atomic E-state index is 13.1. The molecule has 0 aromatic carbocycles. The highest BCUT2D eigenvalue weighted by Crippen LogP contribution is 2.22. The van der Waals surface area contributed by atoms with Crippen molar-refractivity contribution in [3.63, 3.8) is 0 Å². The minimum absolute atomic E-state index is 0.0139. The molecule has 150 valence electrons. The molecule has 1 atom stereocenters. The Bertz CT molecular complexity index is 890. The second kappa shape index (κ2) is 7.83. The van der Waals surface area contributed by atoms with Crippen molar-refractivity contribution >= 4 is 17.5 Å². The van der Waals surface area contributed by atoms with E-state index in [9.17, 15) is 9.59 Å². The summed E-state index contributed by atoms with van der Waals surface area (Å²) in [4.78, 5) is 41.5. The van der Waals surface area contributed by atoms with Gasteiger partial charge in [-0.1, -0.05) is 0 Å². The zero-order chi connectivity index (χ0) is 20.6. The summed E-state index contributed by atoms with van der Waals surface area (Å²) in [6.45, 7) is 14.2. The van der Waals surface area contributed by atoms with E-state index in [1.54, 1.807) is 0 Å². The van der Waals surface area contributed by atoms with E-state index in [-0.39, 0.29) is 17.6 Å². The minimum Gasteiger partial charge on any atom is -0.355 e. The molecule has 1 saturated heterocycles. The molecule has 7 heteroatoms. The van der Waals surface area contributed by atoms with Gasteiger partial charge in [-0.25, -0.2) is 9.97 Å². The fourth-order valence-electron chi connectivity index (χ4n) is 4.06. The summed E-state index contributed by atoms with van der Waals surface area (Å²) < 4.78 is 0. The predicted octanol–water partition coefficient (Wildman–Crippen LogP) is 2.63. The summed E-state index contributed by atoms with van der Waals surface area (Å²) in [5, 5.41) is 0. The van der Waals surface area contributed by atoms with Gasteiger partial charge in [0.1, 0.15) is 0 Å². The van der Waals surface area contributed by atoms with Crippen molar-refractivity contribution in [1.29, 1.82) is 0 Å². The lowest BCUT2D eigenvalue weighted by atomic mass is 10.0. The first kappa shape index (κ1) is 20.2. The van der Waals surface area contributed by atoms with E-state index < -0.39 is 0 Å². The zero-order valence-corrected chi connectivity index (χ0v) is 17.6. The highest BCUT2D eigenvalue weighted by molar-refractivity contribution is 6.05. The molecule has 1 aliphatic rings. The van der Waals surface area contributed by atoms with Crippen molar-refractivity contribution in [3.05, 3.63) is 40.0 Å². The number of carbonyl (C=O) groups is 2. The Kier molecular flexibility index (Phi) is 5.65. The monoisotopic (exact) mass is 383 g/mol. The third-order valence-electron chi connectivity index (χ3n) is 5.53. The van der Waals surface area contributed by atoms with Crippen LogP contribution in [0.3, 0.4) is 0 Å². The standard InChI is InChI=1S/C21H29N5O2/c1-12-11-13(2)23-21(22-12)26-9-7-25(8-10-26)16(5)20(28)19-14(3)18(17(6)27)15(4)24-19/h11,16,24H,7-10H2,1-6H3. The van der Waals surface area contributed by atoms with Gasteiger partial charge in [0.15, 0.2) is 11.6 Å². The average molecular weight is 383 g/mol. The molecule has 2 aromatic rings. The van der Waals surface area contributed by atoms with E-state index in [2.05, 4.69) is 24.8 Å². The second-order valence-corrected chi connectivity index (χ2v) is 7.70. The summed E-state index contributed by atoms with van der Waals surface area (Å²) in [6, 6.07) is 1.72. The Morgan fingerprint density at radius 1 is 1.04 bits per heavy atom. The topological polar surface area (TPSA) is 82.2 Å².